The van der Waals surface area contributed by atoms with Crippen molar-refractivity contribution in [1.82, 2.24) is 20.1 Å². The van der Waals surface area contributed by atoms with Gasteiger partial charge in [0.05, 0.1) is 24.6 Å². The number of morpholine rings is 1. The first kappa shape index (κ1) is 18.0. The van der Waals surface area contributed by atoms with E-state index < -0.39 is 0 Å². The van der Waals surface area contributed by atoms with Crippen molar-refractivity contribution in [3.05, 3.63) is 66.6 Å². The van der Waals surface area contributed by atoms with E-state index in [1.807, 2.05) is 48.7 Å². The third-order valence-electron chi connectivity index (χ3n) is 4.52. The number of anilines is 2. The number of pyridine rings is 1. The molecule has 1 aliphatic rings. The number of carbonyl (C=O) groups is 1. The molecule has 3 heterocycles. The summed E-state index contributed by atoms with van der Waals surface area (Å²) in [6.45, 7) is 3.36. The molecule has 0 aliphatic carbocycles. The number of nitrogens with one attached hydrogen (secondary N) is 2. The molecule has 0 spiro atoms. The Morgan fingerprint density at radius 2 is 1.93 bits per heavy atom. The Balaban J connectivity index is 1.42. The van der Waals surface area contributed by atoms with Crippen LogP contribution in [0.5, 0.6) is 0 Å². The maximum Gasteiger partial charge on any atom is 0.319 e. The van der Waals surface area contributed by atoms with Gasteiger partial charge in [-0.15, -0.1) is 0 Å². The normalized spacial score (nSPS) is 13.9. The molecule has 8 nitrogen and oxygen atoms in total. The summed E-state index contributed by atoms with van der Waals surface area (Å²) in [5, 5.41) is 10.1. The van der Waals surface area contributed by atoms with Gasteiger partial charge in [-0.3, -0.25) is 0 Å². The fraction of sp³-hybridized carbons (Fsp3) is 0.250. The van der Waals surface area contributed by atoms with E-state index in [2.05, 4.69) is 25.6 Å². The highest BCUT2D eigenvalue weighted by Crippen LogP contribution is 2.20. The van der Waals surface area contributed by atoms with E-state index in [0.29, 0.717) is 25.4 Å². The predicted molar refractivity (Wildman–Crippen MR) is 107 cm³/mol. The smallest absolute Gasteiger partial charge is 0.319 e. The van der Waals surface area contributed by atoms with Gasteiger partial charge in [0.25, 0.3) is 0 Å². The second kappa shape index (κ2) is 8.53. The SMILES string of the molecule is O=C(NCc1cccnc1N1CCOCC1)Nc1ccccc1-n1cccn1. The van der Waals surface area contributed by atoms with Crippen molar-refractivity contribution in [2.75, 3.05) is 36.5 Å². The number of hydrogen-bond acceptors (Lipinski definition) is 5. The van der Waals surface area contributed by atoms with Crippen LogP contribution in [0.3, 0.4) is 0 Å². The minimum absolute atomic E-state index is 0.281. The first-order chi connectivity index (χ1) is 13.8. The number of amides is 2. The highest BCUT2D eigenvalue weighted by atomic mass is 16.5. The van der Waals surface area contributed by atoms with Gasteiger partial charge in [-0.05, 0) is 24.3 Å². The summed E-state index contributed by atoms with van der Waals surface area (Å²) in [4.78, 5) is 19.2. The lowest BCUT2D eigenvalue weighted by Crippen LogP contribution is -2.38. The first-order valence-corrected chi connectivity index (χ1v) is 9.22. The predicted octanol–water partition coefficient (Wildman–Crippen LogP) is 2.43. The Hall–Kier alpha value is -3.39. The minimum Gasteiger partial charge on any atom is -0.378 e. The molecule has 144 valence electrons. The second-order valence-corrected chi connectivity index (χ2v) is 6.36. The zero-order chi connectivity index (χ0) is 19.2. The molecule has 3 aromatic rings. The van der Waals surface area contributed by atoms with E-state index >= 15 is 0 Å². The van der Waals surface area contributed by atoms with Gasteiger partial charge < -0.3 is 20.3 Å². The largest absolute Gasteiger partial charge is 0.378 e. The molecule has 2 amide bonds. The number of benzene rings is 1. The number of ether oxygens (including phenoxy) is 1. The van der Waals surface area contributed by atoms with Gasteiger partial charge in [0, 0.05) is 43.8 Å². The molecule has 0 atom stereocenters. The number of urea groups is 1. The minimum atomic E-state index is -0.281. The summed E-state index contributed by atoms with van der Waals surface area (Å²) in [5.41, 5.74) is 2.46. The molecule has 0 radical (unpaired) electrons. The Labute approximate surface area is 163 Å². The average Bonchev–Trinajstić information content (AvgIpc) is 3.28. The van der Waals surface area contributed by atoms with Crippen LogP contribution in [0, 0.1) is 0 Å². The van der Waals surface area contributed by atoms with Crippen molar-refractivity contribution in [1.29, 1.82) is 0 Å². The number of aromatic nitrogens is 3. The molecule has 28 heavy (non-hydrogen) atoms. The van der Waals surface area contributed by atoms with Crippen LogP contribution in [-0.4, -0.2) is 47.1 Å². The van der Waals surface area contributed by atoms with E-state index in [-0.39, 0.29) is 6.03 Å². The summed E-state index contributed by atoms with van der Waals surface area (Å²) in [5.74, 6) is 0.892. The lowest BCUT2D eigenvalue weighted by molar-refractivity contribution is 0.122. The van der Waals surface area contributed by atoms with Crippen LogP contribution < -0.4 is 15.5 Å². The molecule has 8 heteroatoms. The van der Waals surface area contributed by atoms with Crippen LogP contribution in [-0.2, 0) is 11.3 Å². The number of hydrogen-bond donors (Lipinski definition) is 2. The Morgan fingerprint density at radius 3 is 2.75 bits per heavy atom. The van der Waals surface area contributed by atoms with Crippen molar-refractivity contribution in [3.8, 4) is 5.69 Å². The topological polar surface area (TPSA) is 84.3 Å². The molecule has 1 saturated heterocycles. The molecule has 0 saturated carbocycles. The van der Waals surface area contributed by atoms with Gasteiger partial charge in [0.15, 0.2) is 0 Å². The summed E-state index contributed by atoms with van der Waals surface area (Å²) in [6.07, 6.45) is 5.31. The zero-order valence-corrected chi connectivity index (χ0v) is 15.4. The summed E-state index contributed by atoms with van der Waals surface area (Å²) in [6, 6.07) is 13.0. The van der Waals surface area contributed by atoms with Crippen LogP contribution in [0.15, 0.2) is 61.1 Å². The van der Waals surface area contributed by atoms with Gasteiger partial charge in [0.1, 0.15) is 5.82 Å². The summed E-state index contributed by atoms with van der Waals surface area (Å²) >= 11 is 0. The van der Waals surface area contributed by atoms with E-state index in [0.717, 1.165) is 30.2 Å². The van der Waals surface area contributed by atoms with Gasteiger partial charge >= 0.3 is 6.03 Å². The quantitative estimate of drug-likeness (QED) is 0.712. The lowest BCUT2D eigenvalue weighted by atomic mass is 10.2. The molecular formula is C20H22N6O2. The summed E-state index contributed by atoms with van der Waals surface area (Å²) in [7, 11) is 0. The Bertz CT molecular complexity index is 922. The number of para-hydroxylation sites is 2. The third kappa shape index (κ3) is 4.12. The van der Waals surface area contributed by atoms with Gasteiger partial charge in [-0.25, -0.2) is 14.5 Å². The fourth-order valence-electron chi connectivity index (χ4n) is 3.16. The number of rotatable bonds is 5. The van der Waals surface area contributed by atoms with E-state index in [4.69, 9.17) is 4.74 Å². The van der Waals surface area contributed by atoms with Crippen molar-refractivity contribution < 1.29 is 9.53 Å². The highest BCUT2D eigenvalue weighted by molar-refractivity contribution is 5.91. The number of carbonyl (C=O) groups excluding carboxylic acids is 1. The van der Waals surface area contributed by atoms with Gasteiger partial charge in [-0.2, -0.15) is 5.10 Å². The monoisotopic (exact) mass is 378 g/mol. The zero-order valence-electron chi connectivity index (χ0n) is 15.4. The van der Waals surface area contributed by atoms with E-state index in [1.54, 1.807) is 17.1 Å². The third-order valence-corrected chi connectivity index (χ3v) is 4.52. The van der Waals surface area contributed by atoms with Crippen molar-refractivity contribution in [2.45, 2.75) is 6.54 Å². The van der Waals surface area contributed by atoms with Crippen LogP contribution >= 0.6 is 0 Å². The fourth-order valence-corrected chi connectivity index (χ4v) is 3.16. The first-order valence-electron chi connectivity index (χ1n) is 9.22. The van der Waals surface area contributed by atoms with E-state index in [1.165, 1.54) is 0 Å². The maximum atomic E-state index is 12.5. The Kier molecular flexibility index (Phi) is 5.48. The standard InChI is InChI=1S/C20H22N6O2/c27-20(24-17-6-1-2-7-18(17)26-10-4-9-23-26)22-15-16-5-3-8-21-19(16)25-11-13-28-14-12-25/h1-10H,11-15H2,(H2,22,24,27). The van der Waals surface area contributed by atoms with Crippen LogP contribution in [0.1, 0.15) is 5.56 Å². The number of nitrogens with zero attached hydrogens (tertiary/aromatic N) is 4. The van der Waals surface area contributed by atoms with Gasteiger partial charge in [-0.1, -0.05) is 18.2 Å². The highest BCUT2D eigenvalue weighted by Gasteiger charge is 2.16. The van der Waals surface area contributed by atoms with Gasteiger partial charge in [0.2, 0.25) is 0 Å². The average molecular weight is 378 g/mol. The van der Waals surface area contributed by atoms with Crippen LogP contribution in [0.25, 0.3) is 5.69 Å². The lowest BCUT2D eigenvalue weighted by Gasteiger charge is -2.29. The molecule has 1 aliphatic heterocycles. The van der Waals surface area contributed by atoms with Crippen LogP contribution in [0.2, 0.25) is 0 Å². The van der Waals surface area contributed by atoms with Crippen molar-refractivity contribution >= 4 is 17.5 Å². The molecule has 1 aromatic carbocycles. The van der Waals surface area contributed by atoms with Crippen molar-refractivity contribution in [3.63, 3.8) is 0 Å². The molecule has 2 N–H and O–H groups in total. The molecule has 4 rings (SSSR count). The van der Waals surface area contributed by atoms with E-state index in [9.17, 15) is 4.79 Å². The maximum absolute atomic E-state index is 12.5. The molecule has 0 unspecified atom stereocenters. The van der Waals surface area contributed by atoms with Crippen LogP contribution in [0.4, 0.5) is 16.3 Å². The molecule has 0 bridgehead atoms. The van der Waals surface area contributed by atoms with Crippen molar-refractivity contribution in [2.24, 2.45) is 0 Å². The molecule has 1 fully saturated rings. The molecular weight excluding hydrogens is 356 g/mol. The Morgan fingerprint density at radius 1 is 1.07 bits per heavy atom. The second-order valence-electron chi connectivity index (χ2n) is 6.36. The molecule has 2 aromatic heterocycles. The summed E-state index contributed by atoms with van der Waals surface area (Å²) < 4.78 is 7.13.